The molecule has 1 aromatic rings. The molecule has 1 rings (SSSR count). The van der Waals surface area contributed by atoms with Crippen molar-refractivity contribution in [3.63, 3.8) is 0 Å². The Kier molecular flexibility index (Phi) is 4.55. The number of rotatable bonds is 5. The molecule has 1 aromatic carbocycles. The molecule has 0 spiro atoms. The van der Waals surface area contributed by atoms with Gasteiger partial charge < -0.3 is 15.7 Å². The lowest BCUT2D eigenvalue weighted by molar-refractivity contribution is -0.137. The average molecular weight is 262 g/mol. The number of halogens is 3. The van der Waals surface area contributed by atoms with E-state index in [2.05, 4.69) is 0 Å². The predicted octanol–water partition coefficient (Wildman–Crippen LogP) is 1.56. The zero-order valence-electron chi connectivity index (χ0n) is 9.44. The van der Waals surface area contributed by atoms with Crippen LogP contribution < -0.4 is 10.6 Å². The summed E-state index contributed by atoms with van der Waals surface area (Å²) in [6.45, 7) is -0.0599. The summed E-state index contributed by atoms with van der Waals surface area (Å²) in [6, 6.07) is 4.51. The third-order valence-electron chi connectivity index (χ3n) is 2.26. The molecule has 0 bridgehead atoms. The van der Waals surface area contributed by atoms with Crippen LogP contribution in [-0.2, 0) is 11.0 Å². The van der Waals surface area contributed by atoms with Crippen molar-refractivity contribution in [2.75, 3.05) is 24.5 Å². The molecule has 3 N–H and O–H groups in total. The summed E-state index contributed by atoms with van der Waals surface area (Å²) in [5, 5.41) is 8.70. The molecule has 0 aromatic heterocycles. The maximum absolute atomic E-state index is 12.5. The minimum Gasteiger partial charge on any atom is -0.480 e. The van der Waals surface area contributed by atoms with Crippen molar-refractivity contribution >= 4 is 11.7 Å². The van der Waals surface area contributed by atoms with Gasteiger partial charge in [0.25, 0.3) is 0 Å². The van der Waals surface area contributed by atoms with Gasteiger partial charge in [-0.25, -0.2) is 0 Å². The van der Waals surface area contributed by atoms with E-state index < -0.39 is 24.3 Å². The number of aliphatic carboxylic acids is 1. The number of carboxylic acid groups (broad SMARTS) is 1. The standard InChI is InChI=1S/C11H13F3N2O2/c12-11(13,14)8-2-1-3-9(6-8)16(5-4-15)7-10(17)18/h1-3,6H,4-5,7,15H2,(H,17,18). The van der Waals surface area contributed by atoms with Crippen LogP contribution in [-0.4, -0.2) is 30.7 Å². The molecular formula is C11H13F3N2O2. The van der Waals surface area contributed by atoms with E-state index in [1.807, 2.05) is 0 Å². The maximum atomic E-state index is 12.5. The highest BCUT2D eigenvalue weighted by Gasteiger charge is 2.30. The number of alkyl halides is 3. The number of nitrogens with zero attached hydrogens (tertiary/aromatic N) is 1. The van der Waals surface area contributed by atoms with Gasteiger partial charge in [-0.2, -0.15) is 13.2 Å². The Morgan fingerprint density at radius 1 is 1.39 bits per heavy atom. The minimum atomic E-state index is -4.45. The number of carboxylic acids is 1. The zero-order valence-corrected chi connectivity index (χ0v) is 9.44. The molecule has 0 saturated carbocycles. The van der Waals surface area contributed by atoms with E-state index >= 15 is 0 Å². The van der Waals surface area contributed by atoms with Crippen LogP contribution in [0.2, 0.25) is 0 Å². The minimum absolute atomic E-state index is 0.156. The third kappa shape index (κ3) is 3.92. The Morgan fingerprint density at radius 2 is 2.06 bits per heavy atom. The second-order valence-corrected chi connectivity index (χ2v) is 3.65. The van der Waals surface area contributed by atoms with Crippen LogP contribution in [0, 0.1) is 0 Å². The smallest absolute Gasteiger partial charge is 0.416 e. The number of hydrogen-bond donors (Lipinski definition) is 2. The lowest BCUT2D eigenvalue weighted by Gasteiger charge is -2.23. The van der Waals surface area contributed by atoms with Gasteiger partial charge in [0.15, 0.2) is 0 Å². The fourth-order valence-corrected chi connectivity index (χ4v) is 1.50. The van der Waals surface area contributed by atoms with Gasteiger partial charge in [0.05, 0.1) is 5.56 Å². The Bertz CT molecular complexity index is 421. The quantitative estimate of drug-likeness (QED) is 0.845. The van der Waals surface area contributed by atoms with Gasteiger partial charge in [0.1, 0.15) is 6.54 Å². The number of anilines is 1. The lowest BCUT2D eigenvalue weighted by atomic mass is 10.2. The number of carbonyl (C=O) groups is 1. The summed E-state index contributed by atoms with van der Waals surface area (Å²) in [4.78, 5) is 11.9. The molecule has 7 heteroatoms. The molecule has 0 fully saturated rings. The molecule has 0 amide bonds. The van der Waals surface area contributed by atoms with E-state index in [1.54, 1.807) is 0 Å². The van der Waals surface area contributed by atoms with Crippen molar-refractivity contribution in [1.29, 1.82) is 0 Å². The Hall–Kier alpha value is -1.76. The predicted molar refractivity (Wildman–Crippen MR) is 60.3 cm³/mol. The van der Waals surface area contributed by atoms with Crippen molar-refractivity contribution in [2.45, 2.75) is 6.18 Å². The summed E-state index contributed by atoms with van der Waals surface area (Å²) in [7, 11) is 0. The first-order valence-corrected chi connectivity index (χ1v) is 5.18. The highest BCUT2D eigenvalue weighted by Crippen LogP contribution is 2.31. The molecule has 4 nitrogen and oxygen atoms in total. The molecule has 100 valence electrons. The summed E-state index contributed by atoms with van der Waals surface area (Å²) < 4.78 is 37.6. The van der Waals surface area contributed by atoms with Crippen LogP contribution in [0.4, 0.5) is 18.9 Å². The normalized spacial score (nSPS) is 11.3. The number of nitrogens with two attached hydrogens (primary N) is 1. The van der Waals surface area contributed by atoms with Crippen molar-refractivity contribution in [3.8, 4) is 0 Å². The molecule has 0 heterocycles. The van der Waals surface area contributed by atoms with E-state index in [0.717, 1.165) is 12.1 Å². The molecule has 18 heavy (non-hydrogen) atoms. The van der Waals surface area contributed by atoms with Crippen LogP contribution in [0.25, 0.3) is 0 Å². The molecule has 0 radical (unpaired) electrons. The van der Waals surface area contributed by atoms with Crippen LogP contribution >= 0.6 is 0 Å². The van der Waals surface area contributed by atoms with Gasteiger partial charge in [-0.15, -0.1) is 0 Å². The van der Waals surface area contributed by atoms with Gasteiger partial charge in [0.2, 0.25) is 0 Å². The Labute approximate surface area is 102 Å². The second kappa shape index (κ2) is 5.72. The van der Waals surface area contributed by atoms with Gasteiger partial charge in [-0.3, -0.25) is 4.79 Å². The SMILES string of the molecule is NCCN(CC(=O)O)c1cccc(C(F)(F)F)c1. The number of hydrogen-bond acceptors (Lipinski definition) is 3. The van der Waals surface area contributed by atoms with E-state index in [4.69, 9.17) is 10.8 Å². The van der Waals surface area contributed by atoms with E-state index in [1.165, 1.54) is 17.0 Å². The van der Waals surface area contributed by atoms with Crippen molar-refractivity contribution in [1.82, 2.24) is 0 Å². The summed E-state index contributed by atoms with van der Waals surface area (Å²) in [6.07, 6.45) is -4.45. The second-order valence-electron chi connectivity index (χ2n) is 3.65. The molecule has 0 saturated heterocycles. The summed E-state index contributed by atoms with van der Waals surface area (Å²) in [5.74, 6) is -1.12. The van der Waals surface area contributed by atoms with Gasteiger partial charge >= 0.3 is 12.1 Å². The van der Waals surface area contributed by atoms with Crippen LogP contribution in [0.5, 0.6) is 0 Å². The van der Waals surface area contributed by atoms with Crippen LogP contribution in [0.1, 0.15) is 5.56 Å². The fourth-order valence-electron chi connectivity index (χ4n) is 1.50. The zero-order chi connectivity index (χ0) is 13.8. The van der Waals surface area contributed by atoms with E-state index in [9.17, 15) is 18.0 Å². The van der Waals surface area contributed by atoms with Crippen LogP contribution in [0.3, 0.4) is 0 Å². The largest absolute Gasteiger partial charge is 0.480 e. The van der Waals surface area contributed by atoms with Gasteiger partial charge in [-0.05, 0) is 18.2 Å². The Morgan fingerprint density at radius 3 is 2.56 bits per heavy atom. The van der Waals surface area contributed by atoms with E-state index in [-0.39, 0.29) is 18.8 Å². The molecule has 0 aliphatic rings. The molecule has 0 aliphatic heterocycles. The summed E-state index contributed by atoms with van der Waals surface area (Å²) >= 11 is 0. The topological polar surface area (TPSA) is 66.6 Å². The molecule has 0 unspecified atom stereocenters. The highest BCUT2D eigenvalue weighted by atomic mass is 19.4. The van der Waals surface area contributed by atoms with Crippen molar-refractivity contribution < 1.29 is 23.1 Å². The molecule has 0 atom stereocenters. The fraction of sp³-hybridized carbons (Fsp3) is 0.364. The molecule has 0 aliphatic carbocycles. The number of benzene rings is 1. The first kappa shape index (κ1) is 14.3. The van der Waals surface area contributed by atoms with E-state index in [0.29, 0.717) is 0 Å². The van der Waals surface area contributed by atoms with Crippen LogP contribution in [0.15, 0.2) is 24.3 Å². The first-order chi connectivity index (χ1) is 8.34. The first-order valence-electron chi connectivity index (χ1n) is 5.18. The van der Waals surface area contributed by atoms with Crippen molar-refractivity contribution in [2.24, 2.45) is 5.73 Å². The monoisotopic (exact) mass is 262 g/mol. The summed E-state index contributed by atoms with van der Waals surface area (Å²) in [5.41, 5.74) is 4.69. The van der Waals surface area contributed by atoms with Crippen molar-refractivity contribution in [3.05, 3.63) is 29.8 Å². The van der Waals surface area contributed by atoms with Gasteiger partial charge in [0, 0.05) is 18.8 Å². The lowest BCUT2D eigenvalue weighted by Crippen LogP contribution is -2.34. The highest BCUT2D eigenvalue weighted by molar-refractivity contribution is 5.73. The molecular weight excluding hydrogens is 249 g/mol. The van der Waals surface area contributed by atoms with Gasteiger partial charge in [-0.1, -0.05) is 6.07 Å². The third-order valence-corrected chi connectivity index (χ3v) is 2.26. The maximum Gasteiger partial charge on any atom is 0.416 e. The Balaban J connectivity index is 3.01. The average Bonchev–Trinajstić information content (AvgIpc) is 2.27.